The molecule has 1 heterocycles. The van der Waals surface area contributed by atoms with E-state index in [1.807, 2.05) is 12.3 Å². The van der Waals surface area contributed by atoms with Crippen molar-refractivity contribution in [2.24, 2.45) is 0 Å². The molecule has 1 amide bonds. The van der Waals surface area contributed by atoms with E-state index in [1.54, 1.807) is 0 Å². The van der Waals surface area contributed by atoms with Crippen molar-refractivity contribution in [3.05, 3.63) is 11.1 Å². The molecule has 0 saturated carbocycles. The number of carbonyl (C=O) groups excluding carboxylic acids is 1. The molecule has 106 valence electrons. The average molecular weight is 285 g/mol. The molecule has 0 fully saturated rings. The summed E-state index contributed by atoms with van der Waals surface area (Å²) in [6.45, 7) is 3.24. The Bertz CT molecular complexity index is 420. The summed E-state index contributed by atoms with van der Waals surface area (Å²) in [4.78, 5) is 26.0. The molecule has 1 aromatic heterocycles. The van der Waals surface area contributed by atoms with Crippen molar-refractivity contribution in [3.8, 4) is 0 Å². The number of carbonyl (C=O) groups is 2. The Morgan fingerprint density at radius 3 is 2.84 bits per heavy atom. The summed E-state index contributed by atoms with van der Waals surface area (Å²) in [6.07, 6.45) is 1.86. The fourth-order valence-corrected chi connectivity index (χ4v) is 2.15. The summed E-state index contributed by atoms with van der Waals surface area (Å²) >= 11 is 1.42. The second-order valence-corrected chi connectivity index (χ2v) is 4.92. The highest BCUT2D eigenvalue weighted by molar-refractivity contribution is 7.13. The molecule has 7 heteroatoms. The van der Waals surface area contributed by atoms with Crippen LogP contribution < -0.4 is 10.6 Å². The summed E-state index contributed by atoms with van der Waals surface area (Å²) in [6, 6.07) is 0. The molecule has 0 aliphatic carbocycles. The zero-order chi connectivity index (χ0) is 14.1. The van der Waals surface area contributed by atoms with Gasteiger partial charge in [-0.1, -0.05) is 6.92 Å². The van der Waals surface area contributed by atoms with Gasteiger partial charge >= 0.3 is 5.97 Å². The molecule has 19 heavy (non-hydrogen) atoms. The van der Waals surface area contributed by atoms with E-state index in [2.05, 4.69) is 15.6 Å². The summed E-state index contributed by atoms with van der Waals surface area (Å²) in [5.41, 5.74) is 0.769. The molecule has 0 aliphatic rings. The van der Waals surface area contributed by atoms with Gasteiger partial charge in [0, 0.05) is 31.3 Å². The van der Waals surface area contributed by atoms with E-state index in [4.69, 9.17) is 5.11 Å². The molecule has 0 saturated heterocycles. The highest BCUT2D eigenvalue weighted by Gasteiger charge is 2.05. The van der Waals surface area contributed by atoms with Crippen LogP contribution >= 0.6 is 11.3 Å². The molecule has 0 unspecified atom stereocenters. The van der Waals surface area contributed by atoms with Crippen LogP contribution in [0.25, 0.3) is 0 Å². The first kappa shape index (κ1) is 15.4. The quantitative estimate of drug-likeness (QED) is 0.639. The largest absolute Gasteiger partial charge is 0.481 e. The van der Waals surface area contributed by atoms with E-state index < -0.39 is 5.97 Å². The number of aromatic nitrogens is 1. The number of aliphatic carboxylic acids is 1. The highest BCUT2D eigenvalue weighted by atomic mass is 32.1. The number of carboxylic acids is 1. The lowest BCUT2D eigenvalue weighted by Gasteiger charge is -2.03. The maximum atomic E-state index is 11.3. The molecule has 1 aromatic rings. The van der Waals surface area contributed by atoms with Gasteiger partial charge in [-0.3, -0.25) is 9.59 Å². The van der Waals surface area contributed by atoms with Gasteiger partial charge in [-0.15, -0.1) is 11.3 Å². The third-order valence-corrected chi connectivity index (χ3v) is 3.20. The van der Waals surface area contributed by atoms with Gasteiger partial charge in [-0.2, -0.15) is 0 Å². The third kappa shape index (κ3) is 6.76. The predicted molar refractivity (Wildman–Crippen MR) is 74.5 cm³/mol. The smallest absolute Gasteiger partial charge is 0.303 e. The molecule has 0 aromatic carbocycles. The van der Waals surface area contributed by atoms with Gasteiger partial charge in [0.05, 0.1) is 12.1 Å². The van der Waals surface area contributed by atoms with Crippen molar-refractivity contribution in [1.82, 2.24) is 10.3 Å². The first-order valence-corrected chi connectivity index (χ1v) is 7.16. The van der Waals surface area contributed by atoms with Crippen LogP contribution in [0.2, 0.25) is 0 Å². The van der Waals surface area contributed by atoms with Gasteiger partial charge in [0.15, 0.2) is 5.13 Å². The van der Waals surface area contributed by atoms with Crippen molar-refractivity contribution in [2.75, 3.05) is 18.4 Å². The SMILES string of the molecule is CCCNC(=O)CCNc1nc(CCC(=O)O)cs1. The van der Waals surface area contributed by atoms with Gasteiger partial charge in [0.25, 0.3) is 0 Å². The lowest BCUT2D eigenvalue weighted by molar-refractivity contribution is -0.137. The third-order valence-electron chi connectivity index (χ3n) is 2.35. The minimum Gasteiger partial charge on any atom is -0.481 e. The number of rotatable bonds is 9. The summed E-state index contributed by atoms with van der Waals surface area (Å²) < 4.78 is 0. The first-order chi connectivity index (χ1) is 9.11. The summed E-state index contributed by atoms with van der Waals surface area (Å²) in [5.74, 6) is -0.799. The van der Waals surface area contributed by atoms with E-state index in [9.17, 15) is 9.59 Å². The normalized spacial score (nSPS) is 10.2. The van der Waals surface area contributed by atoms with Crippen molar-refractivity contribution in [3.63, 3.8) is 0 Å². The van der Waals surface area contributed by atoms with Crippen LogP contribution in [-0.2, 0) is 16.0 Å². The highest BCUT2D eigenvalue weighted by Crippen LogP contribution is 2.16. The summed E-state index contributed by atoms with van der Waals surface area (Å²) in [5, 5.41) is 17.0. The van der Waals surface area contributed by atoms with Crippen molar-refractivity contribution in [2.45, 2.75) is 32.6 Å². The average Bonchev–Trinajstić information content (AvgIpc) is 2.82. The number of carboxylic acid groups (broad SMARTS) is 1. The van der Waals surface area contributed by atoms with Crippen LogP contribution in [0, 0.1) is 0 Å². The van der Waals surface area contributed by atoms with Gasteiger partial charge in [-0.25, -0.2) is 4.98 Å². The lowest BCUT2D eigenvalue weighted by Crippen LogP contribution is -2.25. The number of hydrogen-bond acceptors (Lipinski definition) is 5. The lowest BCUT2D eigenvalue weighted by atomic mass is 10.2. The van der Waals surface area contributed by atoms with E-state index >= 15 is 0 Å². The Morgan fingerprint density at radius 2 is 2.16 bits per heavy atom. The first-order valence-electron chi connectivity index (χ1n) is 6.28. The summed E-state index contributed by atoms with van der Waals surface area (Å²) in [7, 11) is 0. The maximum absolute atomic E-state index is 11.3. The molecule has 0 aliphatic heterocycles. The van der Waals surface area contributed by atoms with E-state index in [1.165, 1.54) is 11.3 Å². The Labute approximate surface area is 116 Å². The maximum Gasteiger partial charge on any atom is 0.303 e. The number of hydrogen-bond donors (Lipinski definition) is 3. The van der Waals surface area contributed by atoms with Gasteiger partial charge < -0.3 is 15.7 Å². The van der Waals surface area contributed by atoms with Crippen molar-refractivity contribution >= 4 is 28.3 Å². The zero-order valence-electron chi connectivity index (χ0n) is 10.9. The molecule has 1 rings (SSSR count). The fraction of sp³-hybridized carbons (Fsp3) is 0.583. The molecule has 3 N–H and O–H groups in total. The second kappa shape index (κ2) is 8.47. The number of thiazole rings is 1. The molecule has 6 nitrogen and oxygen atoms in total. The Balaban J connectivity index is 2.22. The van der Waals surface area contributed by atoms with E-state index in [-0.39, 0.29) is 12.3 Å². The molecule has 0 bridgehead atoms. The van der Waals surface area contributed by atoms with E-state index in [0.29, 0.717) is 25.9 Å². The zero-order valence-corrected chi connectivity index (χ0v) is 11.8. The topological polar surface area (TPSA) is 91.3 Å². The predicted octanol–water partition coefficient (Wildman–Crippen LogP) is 1.49. The number of nitrogens with one attached hydrogen (secondary N) is 2. The van der Waals surface area contributed by atoms with Crippen LogP contribution in [0.3, 0.4) is 0 Å². The van der Waals surface area contributed by atoms with Crippen LogP contribution in [0.15, 0.2) is 5.38 Å². The molecule has 0 spiro atoms. The van der Waals surface area contributed by atoms with Crippen LogP contribution in [0.5, 0.6) is 0 Å². The van der Waals surface area contributed by atoms with Crippen molar-refractivity contribution < 1.29 is 14.7 Å². The number of aryl methyl sites for hydroxylation is 1. The minimum absolute atomic E-state index is 0.0250. The number of anilines is 1. The Kier molecular flexibility index (Phi) is 6.88. The second-order valence-electron chi connectivity index (χ2n) is 4.06. The fourth-order valence-electron chi connectivity index (χ4n) is 1.37. The van der Waals surface area contributed by atoms with Gasteiger partial charge in [0.1, 0.15) is 0 Å². The standard InChI is InChI=1S/C12H19N3O3S/c1-2-6-13-10(16)5-7-14-12-15-9(8-19-12)3-4-11(17)18/h8H,2-7H2,1H3,(H,13,16)(H,14,15)(H,17,18). The molecular formula is C12H19N3O3S. The number of amides is 1. The number of nitrogens with zero attached hydrogens (tertiary/aromatic N) is 1. The molecule has 0 radical (unpaired) electrons. The monoisotopic (exact) mass is 285 g/mol. The Hall–Kier alpha value is -1.63. The molecule has 0 atom stereocenters. The minimum atomic E-state index is -0.824. The molecular weight excluding hydrogens is 266 g/mol. The van der Waals surface area contributed by atoms with Crippen molar-refractivity contribution in [1.29, 1.82) is 0 Å². The van der Waals surface area contributed by atoms with E-state index in [0.717, 1.165) is 17.2 Å². The Morgan fingerprint density at radius 1 is 1.37 bits per heavy atom. The van der Waals surface area contributed by atoms with Crippen LogP contribution in [-0.4, -0.2) is 35.1 Å². The van der Waals surface area contributed by atoms with Crippen LogP contribution in [0.4, 0.5) is 5.13 Å². The van der Waals surface area contributed by atoms with Gasteiger partial charge in [-0.05, 0) is 6.42 Å². The van der Waals surface area contributed by atoms with Crippen LogP contribution in [0.1, 0.15) is 31.9 Å². The van der Waals surface area contributed by atoms with Gasteiger partial charge in [0.2, 0.25) is 5.91 Å².